The summed E-state index contributed by atoms with van der Waals surface area (Å²) in [6.07, 6.45) is 4.97. The Morgan fingerprint density at radius 3 is 2.55 bits per heavy atom. The number of halogens is 2. The van der Waals surface area contributed by atoms with Gasteiger partial charge in [0.15, 0.2) is 5.82 Å². The van der Waals surface area contributed by atoms with Gasteiger partial charge in [-0.25, -0.2) is 18.3 Å². The molecule has 2 aromatic rings. The highest BCUT2D eigenvalue weighted by Gasteiger charge is 2.33. The number of amides is 2. The van der Waals surface area contributed by atoms with Crippen LogP contribution in [0.4, 0.5) is 19.4 Å². The number of aromatic nitrogens is 2. The fraction of sp³-hybridized carbons (Fsp3) is 0.450. The van der Waals surface area contributed by atoms with Gasteiger partial charge in [-0.2, -0.15) is 5.10 Å². The molecule has 1 aromatic carbocycles. The number of rotatable bonds is 4. The SMILES string of the molecule is O=C(Nc1ccn(-c2cc(F)cc(F)c2)n1)C1CCC(N2CCCOC2=O)CC1. The lowest BCUT2D eigenvalue weighted by Crippen LogP contribution is -2.46. The minimum atomic E-state index is -0.699. The van der Waals surface area contributed by atoms with E-state index < -0.39 is 11.6 Å². The van der Waals surface area contributed by atoms with Crippen LogP contribution in [0.2, 0.25) is 0 Å². The van der Waals surface area contributed by atoms with Gasteiger partial charge in [0.2, 0.25) is 5.91 Å². The Morgan fingerprint density at radius 2 is 1.86 bits per heavy atom. The van der Waals surface area contributed by atoms with Gasteiger partial charge < -0.3 is 15.0 Å². The van der Waals surface area contributed by atoms with E-state index in [4.69, 9.17) is 4.74 Å². The zero-order valence-electron chi connectivity index (χ0n) is 15.8. The molecule has 9 heteroatoms. The molecule has 1 saturated carbocycles. The Balaban J connectivity index is 1.33. The first-order valence-corrected chi connectivity index (χ1v) is 9.76. The Hall–Kier alpha value is -2.97. The van der Waals surface area contributed by atoms with Gasteiger partial charge in [-0.3, -0.25) is 4.79 Å². The fourth-order valence-corrected chi connectivity index (χ4v) is 3.98. The van der Waals surface area contributed by atoms with Crippen LogP contribution >= 0.6 is 0 Å². The van der Waals surface area contributed by atoms with Gasteiger partial charge in [0.05, 0.1) is 12.3 Å². The van der Waals surface area contributed by atoms with Crippen LogP contribution < -0.4 is 5.32 Å². The summed E-state index contributed by atoms with van der Waals surface area (Å²) >= 11 is 0. The molecule has 0 bridgehead atoms. The molecule has 0 unspecified atom stereocenters. The molecule has 2 fully saturated rings. The molecule has 1 aliphatic heterocycles. The van der Waals surface area contributed by atoms with E-state index in [0.29, 0.717) is 31.8 Å². The van der Waals surface area contributed by atoms with Crippen LogP contribution in [0.3, 0.4) is 0 Å². The van der Waals surface area contributed by atoms with Crippen molar-refractivity contribution in [2.24, 2.45) is 5.92 Å². The number of hydrogen-bond acceptors (Lipinski definition) is 4. The molecule has 1 aromatic heterocycles. The number of hydrogen-bond donors (Lipinski definition) is 1. The fourth-order valence-electron chi connectivity index (χ4n) is 3.98. The second-order valence-corrected chi connectivity index (χ2v) is 7.43. The average molecular weight is 404 g/mol. The van der Waals surface area contributed by atoms with Crippen LogP contribution in [-0.4, -0.2) is 45.9 Å². The molecule has 0 atom stereocenters. The summed E-state index contributed by atoms with van der Waals surface area (Å²) in [4.78, 5) is 26.2. The highest BCUT2D eigenvalue weighted by Crippen LogP contribution is 2.30. The second-order valence-electron chi connectivity index (χ2n) is 7.43. The van der Waals surface area contributed by atoms with Crippen LogP contribution in [-0.2, 0) is 9.53 Å². The number of anilines is 1. The predicted octanol–water partition coefficient (Wildman–Crippen LogP) is 3.49. The average Bonchev–Trinajstić information content (AvgIpc) is 3.16. The first-order chi connectivity index (χ1) is 14.0. The Kier molecular flexibility index (Phi) is 5.46. The van der Waals surface area contributed by atoms with E-state index in [9.17, 15) is 18.4 Å². The zero-order chi connectivity index (χ0) is 20.4. The first kappa shape index (κ1) is 19.4. The molecule has 7 nitrogen and oxygen atoms in total. The maximum absolute atomic E-state index is 13.4. The van der Waals surface area contributed by atoms with Crippen LogP contribution in [0, 0.1) is 17.6 Å². The third-order valence-electron chi connectivity index (χ3n) is 5.46. The monoisotopic (exact) mass is 404 g/mol. The maximum Gasteiger partial charge on any atom is 0.410 e. The van der Waals surface area contributed by atoms with Gasteiger partial charge in [0.1, 0.15) is 11.6 Å². The van der Waals surface area contributed by atoms with E-state index in [0.717, 1.165) is 37.5 Å². The van der Waals surface area contributed by atoms with Crippen LogP contribution in [0.1, 0.15) is 32.1 Å². The van der Waals surface area contributed by atoms with Gasteiger partial charge in [-0.1, -0.05) is 0 Å². The molecular formula is C20H22F2N4O3. The number of benzene rings is 1. The topological polar surface area (TPSA) is 76.5 Å². The predicted molar refractivity (Wildman–Crippen MR) is 101 cm³/mol. The third kappa shape index (κ3) is 4.38. The lowest BCUT2D eigenvalue weighted by molar-refractivity contribution is -0.121. The molecule has 2 aliphatic rings. The normalized spacial score (nSPS) is 22.3. The molecule has 2 heterocycles. The van der Waals surface area contributed by atoms with E-state index in [1.807, 2.05) is 0 Å². The van der Waals surface area contributed by atoms with Crippen LogP contribution in [0.15, 0.2) is 30.5 Å². The van der Waals surface area contributed by atoms with E-state index in [2.05, 4.69) is 10.4 Å². The highest BCUT2D eigenvalue weighted by atomic mass is 19.1. The summed E-state index contributed by atoms with van der Waals surface area (Å²) in [7, 11) is 0. The van der Waals surface area contributed by atoms with Gasteiger partial charge >= 0.3 is 6.09 Å². The zero-order valence-corrected chi connectivity index (χ0v) is 15.8. The molecule has 2 amide bonds. The summed E-state index contributed by atoms with van der Waals surface area (Å²) < 4.78 is 33.2. The van der Waals surface area contributed by atoms with Crippen molar-refractivity contribution in [1.29, 1.82) is 0 Å². The van der Waals surface area contributed by atoms with Crippen molar-refractivity contribution in [3.05, 3.63) is 42.1 Å². The van der Waals surface area contributed by atoms with Crippen molar-refractivity contribution in [2.45, 2.75) is 38.1 Å². The summed E-state index contributed by atoms with van der Waals surface area (Å²) in [5.74, 6) is -1.38. The highest BCUT2D eigenvalue weighted by molar-refractivity contribution is 5.91. The number of nitrogens with one attached hydrogen (secondary N) is 1. The van der Waals surface area contributed by atoms with Crippen molar-refractivity contribution in [1.82, 2.24) is 14.7 Å². The lowest BCUT2D eigenvalue weighted by atomic mass is 9.84. The van der Waals surface area contributed by atoms with Crippen molar-refractivity contribution in [3.8, 4) is 5.69 Å². The summed E-state index contributed by atoms with van der Waals surface area (Å²) in [6, 6.07) is 4.81. The molecule has 154 valence electrons. The third-order valence-corrected chi connectivity index (χ3v) is 5.46. The quantitative estimate of drug-likeness (QED) is 0.846. The Bertz CT molecular complexity index is 889. The Labute approximate surface area is 166 Å². The van der Waals surface area contributed by atoms with Gasteiger partial charge in [0.25, 0.3) is 0 Å². The minimum absolute atomic E-state index is 0.119. The van der Waals surface area contributed by atoms with E-state index in [1.165, 1.54) is 10.9 Å². The Morgan fingerprint density at radius 1 is 1.14 bits per heavy atom. The van der Waals surface area contributed by atoms with Gasteiger partial charge in [-0.05, 0) is 44.2 Å². The smallest absolute Gasteiger partial charge is 0.410 e. The lowest BCUT2D eigenvalue weighted by Gasteiger charge is -2.37. The van der Waals surface area contributed by atoms with E-state index in [-0.39, 0.29) is 29.6 Å². The summed E-state index contributed by atoms with van der Waals surface area (Å²) in [5.41, 5.74) is 0.233. The molecular weight excluding hydrogens is 382 g/mol. The molecule has 1 N–H and O–H groups in total. The molecule has 4 rings (SSSR count). The summed E-state index contributed by atoms with van der Waals surface area (Å²) in [5, 5.41) is 6.95. The van der Waals surface area contributed by atoms with Crippen molar-refractivity contribution in [3.63, 3.8) is 0 Å². The standard InChI is InChI=1S/C20H22F2N4O3/c21-14-10-15(22)12-17(11-14)26-8-6-18(24-26)23-19(27)13-2-4-16(5-3-13)25-7-1-9-29-20(25)28/h6,8,10-13,16H,1-5,7,9H2,(H,23,24,27). The summed E-state index contributed by atoms with van der Waals surface area (Å²) in [6.45, 7) is 1.18. The number of carbonyl (C=O) groups is 2. The van der Waals surface area contributed by atoms with Gasteiger partial charge in [0, 0.05) is 36.8 Å². The second kappa shape index (κ2) is 8.18. The molecule has 1 aliphatic carbocycles. The number of carbonyl (C=O) groups excluding carboxylic acids is 2. The number of nitrogens with zero attached hydrogens (tertiary/aromatic N) is 3. The number of cyclic esters (lactones) is 1. The van der Waals surface area contributed by atoms with Crippen molar-refractivity contribution < 1.29 is 23.1 Å². The van der Waals surface area contributed by atoms with Crippen LogP contribution in [0.25, 0.3) is 5.69 Å². The van der Waals surface area contributed by atoms with Crippen LogP contribution in [0.5, 0.6) is 0 Å². The first-order valence-electron chi connectivity index (χ1n) is 9.76. The minimum Gasteiger partial charge on any atom is -0.449 e. The number of ether oxygens (including phenoxy) is 1. The maximum atomic E-state index is 13.4. The largest absolute Gasteiger partial charge is 0.449 e. The molecule has 0 radical (unpaired) electrons. The van der Waals surface area contributed by atoms with Crippen molar-refractivity contribution >= 4 is 17.8 Å². The van der Waals surface area contributed by atoms with E-state index in [1.54, 1.807) is 11.0 Å². The van der Waals surface area contributed by atoms with Crippen molar-refractivity contribution in [2.75, 3.05) is 18.5 Å². The molecule has 29 heavy (non-hydrogen) atoms. The van der Waals surface area contributed by atoms with E-state index >= 15 is 0 Å². The molecule has 0 spiro atoms. The van der Waals surface area contributed by atoms with Gasteiger partial charge in [-0.15, -0.1) is 0 Å². The molecule has 1 saturated heterocycles.